The van der Waals surface area contributed by atoms with E-state index in [2.05, 4.69) is 10.6 Å². The fraction of sp³-hybridized carbons (Fsp3) is 0.500. The molecule has 1 saturated heterocycles. The molecule has 1 aliphatic rings. The van der Waals surface area contributed by atoms with Gasteiger partial charge in [-0.2, -0.15) is 0 Å². The van der Waals surface area contributed by atoms with Gasteiger partial charge in [0.05, 0.1) is 6.26 Å². The molecule has 1 aliphatic heterocycles. The Kier molecular flexibility index (Phi) is 3.46. The highest BCUT2D eigenvalue weighted by Gasteiger charge is 2.27. The lowest BCUT2D eigenvalue weighted by atomic mass is 10.1. The highest BCUT2D eigenvalue weighted by atomic mass is 16.3. The van der Waals surface area contributed by atoms with Crippen LogP contribution in [-0.2, 0) is 16.0 Å². The van der Waals surface area contributed by atoms with Gasteiger partial charge in [0.2, 0.25) is 11.8 Å². The van der Waals surface area contributed by atoms with Crippen LogP contribution >= 0.6 is 0 Å². The van der Waals surface area contributed by atoms with E-state index in [9.17, 15) is 9.59 Å². The van der Waals surface area contributed by atoms with Gasteiger partial charge in [-0.3, -0.25) is 9.59 Å². The molecule has 2 heterocycles. The smallest absolute Gasteiger partial charge is 0.242 e. The van der Waals surface area contributed by atoms with E-state index in [0.29, 0.717) is 19.3 Å². The number of nitrogens with one attached hydrogen (secondary N) is 2. The van der Waals surface area contributed by atoms with Crippen LogP contribution in [0.1, 0.15) is 25.5 Å². The van der Waals surface area contributed by atoms with Gasteiger partial charge in [0.25, 0.3) is 0 Å². The van der Waals surface area contributed by atoms with Crippen molar-refractivity contribution in [3.05, 3.63) is 24.2 Å². The normalized spacial score (nSPS) is 21.0. The van der Waals surface area contributed by atoms with Crippen molar-refractivity contribution < 1.29 is 14.0 Å². The van der Waals surface area contributed by atoms with Crippen LogP contribution < -0.4 is 10.6 Å². The quantitative estimate of drug-likeness (QED) is 0.804. The Balaban J connectivity index is 1.80. The first kappa shape index (κ1) is 11.7. The van der Waals surface area contributed by atoms with Crippen molar-refractivity contribution >= 4 is 11.8 Å². The second kappa shape index (κ2) is 5.03. The van der Waals surface area contributed by atoms with Gasteiger partial charge in [-0.1, -0.05) is 0 Å². The van der Waals surface area contributed by atoms with Gasteiger partial charge in [-0.05, 0) is 25.5 Å². The summed E-state index contributed by atoms with van der Waals surface area (Å²) in [5, 5.41) is 5.51. The Bertz CT molecular complexity index is 400. The molecule has 2 N–H and O–H groups in total. The maximum absolute atomic E-state index is 11.8. The summed E-state index contributed by atoms with van der Waals surface area (Å²) in [5.74, 6) is 0.673. The van der Waals surface area contributed by atoms with E-state index < -0.39 is 0 Å². The number of amides is 2. The third kappa shape index (κ3) is 3.09. The second-order valence-corrected chi connectivity index (χ2v) is 4.35. The first-order valence-corrected chi connectivity index (χ1v) is 5.77. The zero-order chi connectivity index (χ0) is 12.3. The summed E-state index contributed by atoms with van der Waals surface area (Å²) >= 11 is 0. The van der Waals surface area contributed by atoms with Crippen molar-refractivity contribution in [1.29, 1.82) is 0 Å². The van der Waals surface area contributed by atoms with Crippen molar-refractivity contribution in [1.82, 2.24) is 10.6 Å². The predicted molar refractivity (Wildman–Crippen MR) is 61.2 cm³/mol. The molecule has 0 unspecified atom stereocenters. The van der Waals surface area contributed by atoms with Crippen LogP contribution in [0.25, 0.3) is 0 Å². The highest BCUT2D eigenvalue weighted by Crippen LogP contribution is 2.08. The summed E-state index contributed by atoms with van der Waals surface area (Å²) in [5.41, 5.74) is 0. The number of hydrogen-bond donors (Lipinski definition) is 2. The molecule has 0 saturated carbocycles. The number of hydrogen-bond acceptors (Lipinski definition) is 3. The van der Waals surface area contributed by atoms with Crippen LogP contribution in [0.15, 0.2) is 22.8 Å². The summed E-state index contributed by atoms with van der Waals surface area (Å²) in [6.45, 7) is 1.91. The van der Waals surface area contributed by atoms with Crippen molar-refractivity contribution in [2.45, 2.75) is 38.3 Å². The summed E-state index contributed by atoms with van der Waals surface area (Å²) < 4.78 is 5.21. The van der Waals surface area contributed by atoms with Gasteiger partial charge in [0.15, 0.2) is 0 Å². The molecule has 17 heavy (non-hydrogen) atoms. The Morgan fingerprint density at radius 3 is 3.12 bits per heavy atom. The molecule has 2 atom stereocenters. The SMILES string of the molecule is C[C@@H](Cc1ccco1)NC(=O)[C@H]1CCC(=O)N1. The predicted octanol–water partition coefficient (Wildman–Crippen LogP) is 0.605. The summed E-state index contributed by atoms with van der Waals surface area (Å²) in [7, 11) is 0. The zero-order valence-electron chi connectivity index (χ0n) is 9.73. The van der Waals surface area contributed by atoms with E-state index in [1.165, 1.54) is 0 Å². The Labute approximate surface area is 99.6 Å². The van der Waals surface area contributed by atoms with Crippen molar-refractivity contribution in [2.24, 2.45) is 0 Å². The molecule has 5 nitrogen and oxygen atoms in total. The lowest BCUT2D eigenvalue weighted by Crippen LogP contribution is -2.45. The van der Waals surface area contributed by atoms with Gasteiger partial charge in [0, 0.05) is 18.9 Å². The number of carbonyl (C=O) groups excluding carboxylic acids is 2. The largest absolute Gasteiger partial charge is 0.469 e. The van der Waals surface area contributed by atoms with Crippen molar-refractivity contribution in [3.8, 4) is 0 Å². The molecule has 1 fully saturated rings. The molecule has 2 rings (SSSR count). The molecule has 2 amide bonds. The first-order valence-electron chi connectivity index (χ1n) is 5.77. The van der Waals surface area contributed by atoms with Crippen LogP contribution in [0.5, 0.6) is 0 Å². The standard InChI is InChI=1S/C12H16N2O3/c1-8(7-9-3-2-6-17-9)13-12(16)10-4-5-11(15)14-10/h2-3,6,8,10H,4-5,7H2,1H3,(H,13,16)(H,14,15)/t8-,10+/m0/s1. The van der Waals surface area contributed by atoms with Crippen molar-refractivity contribution in [2.75, 3.05) is 0 Å². The van der Waals surface area contributed by atoms with Gasteiger partial charge in [-0.15, -0.1) is 0 Å². The molecule has 0 aliphatic carbocycles. The number of rotatable bonds is 4. The third-order valence-electron chi connectivity index (χ3n) is 2.79. The minimum atomic E-state index is -0.374. The van der Waals surface area contributed by atoms with Crippen LogP contribution in [0.3, 0.4) is 0 Å². The zero-order valence-corrected chi connectivity index (χ0v) is 9.73. The maximum atomic E-state index is 11.8. The Hall–Kier alpha value is -1.78. The topological polar surface area (TPSA) is 71.3 Å². The minimum Gasteiger partial charge on any atom is -0.469 e. The summed E-state index contributed by atoms with van der Waals surface area (Å²) in [6, 6.07) is 3.31. The van der Waals surface area contributed by atoms with E-state index in [1.54, 1.807) is 6.26 Å². The van der Waals surface area contributed by atoms with Crippen LogP contribution in [0, 0.1) is 0 Å². The number of carbonyl (C=O) groups is 2. The summed E-state index contributed by atoms with van der Waals surface area (Å²) in [4.78, 5) is 22.8. The molecule has 1 aromatic rings. The molecule has 0 bridgehead atoms. The molecular weight excluding hydrogens is 220 g/mol. The molecule has 5 heteroatoms. The molecule has 0 radical (unpaired) electrons. The van der Waals surface area contributed by atoms with Gasteiger partial charge in [-0.25, -0.2) is 0 Å². The van der Waals surface area contributed by atoms with E-state index in [0.717, 1.165) is 5.76 Å². The highest BCUT2D eigenvalue weighted by molar-refractivity contribution is 5.90. The Morgan fingerprint density at radius 2 is 2.53 bits per heavy atom. The monoisotopic (exact) mass is 236 g/mol. The lowest BCUT2D eigenvalue weighted by Gasteiger charge is -2.16. The molecule has 1 aromatic heterocycles. The molecule has 0 spiro atoms. The molecule has 0 aromatic carbocycles. The van der Waals surface area contributed by atoms with Crippen LogP contribution in [0.2, 0.25) is 0 Å². The average molecular weight is 236 g/mol. The van der Waals surface area contributed by atoms with Gasteiger partial charge >= 0.3 is 0 Å². The molecular formula is C12H16N2O3. The fourth-order valence-electron chi connectivity index (χ4n) is 1.94. The second-order valence-electron chi connectivity index (χ2n) is 4.35. The first-order chi connectivity index (χ1) is 8.15. The lowest BCUT2D eigenvalue weighted by molar-refractivity contribution is -0.126. The summed E-state index contributed by atoms with van der Waals surface area (Å²) in [6.07, 6.45) is 3.28. The number of furan rings is 1. The van der Waals surface area contributed by atoms with E-state index in [1.807, 2.05) is 19.1 Å². The van der Waals surface area contributed by atoms with Gasteiger partial charge in [0.1, 0.15) is 11.8 Å². The average Bonchev–Trinajstić information content (AvgIpc) is 2.89. The Morgan fingerprint density at radius 1 is 1.71 bits per heavy atom. The molecule has 92 valence electrons. The van der Waals surface area contributed by atoms with Crippen LogP contribution in [-0.4, -0.2) is 23.9 Å². The third-order valence-corrected chi connectivity index (χ3v) is 2.79. The van der Waals surface area contributed by atoms with E-state index in [-0.39, 0.29) is 23.9 Å². The van der Waals surface area contributed by atoms with E-state index >= 15 is 0 Å². The maximum Gasteiger partial charge on any atom is 0.242 e. The van der Waals surface area contributed by atoms with Gasteiger partial charge < -0.3 is 15.1 Å². The van der Waals surface area contributed by atoms with E-state index in [4.69, 9.17) is 4.42 Å². The van der Waals surface area contributed by atoms with Crippen LogP contribution in [0.4, 0.5) is 0 Å². The van der Waals surface area contributed by atoms with Crippen molar-refractivity contribution in [3.63, 3.8) is 0 Å². The minimum absolute atomic E-state index is 0.00819. The fourth-order valence-corrected chi connectivity index (χ4v) is 1.94.